The summed E-state index contributed by atoms with van der Waals surface area (Å²) in [4.78, 5) is 12.6. The molecule has 0 radical (unpaired) electrons. The number of carboxylic acid groups (broad SMARTS) is 1. The van der Waals surface area contributed by atoms with Crippen molar-refractivity contribution in [1.29, 1.82) is 0 Å². The van der Waals surface area contributed by atoms with Crippen LogP contribution in [0.3, 0.4) is 0 Å². The van der Waals surface area contributed by atoms with Crippen molar-refractivity contribution in [2.75, 3.05) is 7.05 Å². The number of rotatable bonds is 4. The third kappa shape index (κ3) is 2.08. The molecular formula is C9H17NO2. The number of likely N-dealkylation sites (N-methyl/N-ethyl adjacent to an activating group) is 1. The largest absolute Gasteiger partial charge is 0.480 e. The van der Waals surface area contributed by atoms with Gasteiger partial charge in [-0.2, -0.15) is 0 Å². The van der Waals surface area contributed by atoms with Crippen molar-refractivity contribution in [1.82, 2.24) is 4.90 Å². The molecule has 12 heavy (non-hydrogen) atoms. The van der Waals surface area contributed by atoms with E-state index in [1.807, 2.05) is 6.92 Å². The highest BCUT2D eigenvalue weighted by Gasteiger charge is 2.33. The van der Waals surface area contributed by atoms with Crippen LogP contribution in [-0.2, 0) is 4.79 Å². The molecule has 70 valence electrons. The Morgan fingerprint density at radius 2 is 2.08 bits per heavy atom. The van der Waals surface area contributed by atoms with E-state index in [4.69, 9.17) is 5.11 Å². The first kappa shape index (κ1) is 11.2. The molecule has 0 aliphatic rings. The van der Waals surface area contributed by atoms with Gasteiger partial charge in [0.15, 0.2) is 0 Å². The Balaban J connectivity index is 4.55. The molecule has 0 rings (SSSR count). The van der Waals surface area contributed by atoms with E-state index in [9.17, 15) is 4.79 Å². The molecule has 0 saturated carbocycles. The number of hydrogen-bond donors (Lipinski definition) is 1. The quantitative estimate of drug-likeness (QED) is 0.649. The Morgan fingerprint density at radius 1 is 1.67 bits per heavy atom. The van der Waals surface area contributed by atoms with E-state index in [1.54, 1.807) is 31.9 Å². The van der Waals surface area contributed by atoms with E-state index in [2.05, 4.69) is 6.58 Å². The first-order valence-electron chi connectivity index (χ1n) is 3.93. The fourth-order valence-electron chi connectivity index (χ4n) is 0.818. The van der Waals surface area contributed by atoms with Gasteiger partial charge in [0.05, 0.1) is 0 Å². The molecule has 0 aromatic carbocycles. The maximum absolute atomic E-state index is 10.8. The second kappa shape index (κ2) is 3.72. The standard InChI is InChI=1S/C9H17NO2/c1-6-7(2)10(5)9(3,4)8(11)12/h6-7H,1H2,2-5H3,(H,11,12). The fourth-order valence-corrected chi connectivity index (χ4v) is 0.818. The van der Waals surface area contributed by atoms with Crippen molar-refractivity contribution in [3.8, 4) is 0 Å². The number of aliphatic carboxylic acids is 1. The highest BCUT2D eigenvalue weighted by Crippen LogP contribution is 2.15. The van der Waals surface area contributed by atoms with Crippen molar-refractivity contribution in [3.05, 3.63) is 12.7 Å². The van der Waals surface area contributed by atoms with Crippen molar-refractivity contribution >= 4 is 5.97 Å². The van der Waals surface area contributed by atoms with Gasteiger partial charge in [-0.05, 0) is 27.8 Å². The minimum atomic E-state index is -0.840. The third-order valence-electron chi connectivity index (χ3n) is 2.36. The molecule has 1 unspecified atom stereocenters. The van der Waals surface area contributed by atoms with Gasteiger partial charge in [-0.3, -0.25) is 9.69 Å². The van der Waals surface area contributed by atoms with Crippen molar-refractivity contribution in [2.24, 2.45) is 0 Å². The molecule has 3 heteroatoms. The van der Waals surface area contributed by atoms with E-state index in [0.717, 1.165) is 0 Å². The van der Waals surface area contributed by atoms with Crippen molar-refractivity contribution in [3.63, 3.8) is 0 Å². The Labute approximate surface area is 73.7 Å². The summed E-state index contributed by atoms with van der Waals surface area (Å²) in [5.41, 5.74) is -0.840. The predicted molar refractivity (Wildman–Crippen MR) is 49.1 cm³/mol. The summed E-state index contributed by atoms with van der Waals surface area (Å²) in [6.07, 6.45) is 1.73. The SMILES string of the molecule is C=CC(C)N(C)C(C)(C)C(=O)O. The van der Waals surface area contributed by atoms with Crippen LogP contribution in [0.15, 0.2) is 12.7 Å². The van der Waals surface area contributed by atoms with Gasteiger partial charge in [-0.25, -0.2) is 0 Å². The summed E-state index contributed by atoms with van der Waals surface area (Å²) >= 11 is 0. The van der Waals surface area contributed by atoms with Crippen LogP contribution in [0, 0.1) is 0 Å². The van der Waals surface area contributed by atoms with Crippen LogP contribution in [-0.4, -0.2) is 34.6 Å². The predicted octanol–water partition coefficient (Wildman–Crippen LogP) is 1.36. The molecule has 0 bridgehead atoms. The van der Waals surface area contributed by atoms with Crippen molar-refractivity contribution in [2.45, 2.75) is 32.4 Å². The second-order valence-corrected chi connectivity index (χ2v) is 3.45. The van der Waals surface area contributed by atoms with Crippen LogP contribution in [0.25, 0.3) is 0 Å². The minimum Gasteiger partial charge on any atom is -0.480 e. The van der Waals surface area contributed by atoms with Gasteiger partial charge in [-0.1, -0.05) is 6.08 Å². The molecule has 1 N–H and O–H groups in total. The molecule has 3 nitrogen and oxygen atoms in total. The van der Waals surface area contributed by atoms with Gasteiger partial charge < -0.3 is 5.11 Å². The number of carboxylic acids is 1. The summed E-state index contributed by atoms with van der Waals surface area (Å²) in [5.74, 6) is -0.821. The smallest absolute Gasteiger partial charge is 0.323 e. The van der Waals surface area contributed by atoms with Crippen LogP contribution in [0.1, 0.15) is 20.8 Å². The van der Waals surface area contributed by atoms with Crippen LogP contribution >= 0.6 is 0 Å². The van der Waals surface area contributed by atoms with Crippen molar-refractivity contribution < 1.29 is 9.90 Å². The molecule has 0 aromatic heterocycles. The highest BCUT2D eigenvalue weighted by molar-refractivity contribution is 5.77. The zero-order chi connectivity index (χ0) is 9.94. The molecular weight excluding hydrogens is 154 g/mol. The minimum absolute atomic E-state index is 0.0658. The Morgan fingerprint density at radius 3 is 2.33 bits per heavy atom. The van der Waals surface area contributed by atoms with Gasteiger partial charge in [0.2, 0.25) is 0 Å². The van der Waals surface area contributed by atoms with Gasteiger partial charge in [0, 0.05) is 6.04 Å². The lowest BCUT2D eigenvalue weighted by Gasteiger charge is -2.34. The number of carbonyl (C=O) groups is 1. The maximum Gasteiger partial charge on any atom is 0.323 e. The van der Waals surface area contributed by atoms with Crippen LogP contribution in [0.5, 0.6) is 0 Å². The lowest BCUT2D eigenvalue weighted by Crippen LogP contribution is -2.51. The summed E-state index contributed by atoms with van der Waals surface area (Å²) in [5, 5.41) is 8.88. The van der Waals surface area contributed by atoms with Gasteiger partial charge in [0.1, 0.15) is 5.54 Å². The molecule has 0 spiro atoms. The second-order valence-electron chi connectivity index (χ2n) is 3.45. The van der Waals surface area contributed by atoms with Gasteiger partial charge in [0.25, 0.3) is 0 Å². The summed E-state index contributed by atoms with van der Waals surface area (Å²) in [7, 11) is 1.78. The molecule has 0 aromatic rings. The lowest BCUT2D eigenvalue weighted by molar-refractivity contribution is -0.149. The summed E-state index contributed by atoms with van der Waals surface area (Å²) in [6.45, 7) is 8.89. The van der Waals surface area contributed by atoms with Crippen LogP contribution < -0.4 is 0 Å². The third-order valence-corrected chi connectivity index (χ3v) is 2.36. The van der Waals surface area contributed by atoms with E-state index in [0.29, 0.717) is 0 Å². The van der Waals surface area contributed by atoms with Crippen LogP contribution in [0.4, 0.5) is 0 Å². The maximum atomic E-state index is 10.8. The van der Waals surface area contributed by atoms with Gasteiger partial charge in [-0.15, -0.1) is 6.58 Å². The molecule has 0 saturated heterocycles. The molecule has 0 fully saturated rings. The first-order valence-corrected chi connectivity index (χ1v) is 3.93. The molecule has 0 heterocycles. The Kier molecular flexibility index (Phi) is 3.46. The van der Waals surface area contributed by atoms with E-state index in [-0.39, 0.29) is 6.04 Å². The zero-order valence-electron chi connectivity index (χ0n) is 8.16. The van der Waals surface area contributed by atoms with E-state index in [1.165, 1.54) is 0 Å². The summed E-state index contributed by atoms with van der Waals surface area (Å²) in [6, 6.07) is 0.0658. The fraction of sp³-hybridized carbons (Fsp3) is 0.667. The lowest BCUT2D eigenvalue weighted by atomic mass is 10.0. The zero-order valence-corrected chi connectivity index (χ0v) is 8.16. The molecule has 1 atom stereocenters. The number of nitrogens with zero attached hydrogens (tertiary/aromatic N) is 1. The Hall–Kier alpha value is -0.830. The normalized spacial score (nSPS) is 14.4. The molecule has 0 amide bonds. The Bertz CT molecular complexity index is 187. The monoisotopic (exact) mass is 171 g/mol. The van der Waals surface area contributed by atoms with E-state index < -0.39 is 11.5 Å². The van der Waals surface area contributed by atoms with E-state index >= 15 is 0 Å². The average Bonchev–Trinajstić information content (AvgIpc) is 2.01. The topological polar surface area (TPSA) is 40.5 Å². The highest BCUT2D eigenvalue weighted by atomic mass is 16.4. The number of hydrogen-bond acceptors (Lipinski definition) is 2. The summed E-state index contributed by atoms with van der Waals surface area (Å²) < 4.78 is 0. The molecule has 0 aliphatic heterocycles. The van der Waals surface area contributed by atoms with Crippen LogP contribution in [0.2, 0.25) is 0 Å². The average molecular weight is 171 g/mol. The molecule has 0 aliphatic carbocycles. The first-order chi connectivity index (χ1) is 5.34. The van der Waals surface area contributed by atoms with Gasteiger partial charge >= 0.3 is 5.97 Å².